The van der Waals surface area contributed by atoms with Gasteiger partial charge in [-0.3, -0.25) is 9.51 Å². The van der Waals surface area contributed by atoms with E-state index in [-0.39, 0.29) is 0 Å². The lowest BCUT2D eigenvalue weighted by Crippen LogP contribution is -1.94. The molecule has 0 bridgehead atoms. The van der Waals surface area contributed by atoms with Gasteiger partial charge < -0.3 is 0 Å². The zero-order valence-electron chi connectivity index (χ0n) is 7.03. The molecule has 1 N–H and O–H groups in total. The number of H-pyrrole nitrogens is 1. The fourth-order valence-corrected chi connectivity index (χ4v) is 1.92. The average Bonchev–Trinajstić information content (AvgIpc) is 2.71. The molecule has 13 heavy (non-hydrogen) atoms. The van der Waals surface area contributed by atoms with Gasteiger partial charge in [0, 0.05) is 4.88 Å². The maximum atomic E-state index is 10.7. The molecule has 0 atom stereocenters. The summed E-state index contributed by atoms with van der Waals surface area (Å²) >= 11 is 1.61. The highest BCUT2D eigenvalue weighted by Gasteiger charge is 2.06. The molecule has 2 rings (SSSR count). The standard InChI is InChI=1S/C8H8N2O2S/c1-2-5-3-4-6(13-5)7-9-8(11)12-10-7/h3-4H,2H2,1H3,(H,9,10,11). The van der Waals surface area contributed by atoms with E-state index < -0.39 is 5.76 Å². The number of aryl methyl sites for hydroxylation is 1. The van der Waals surface area contributed by atoms with Crippen molar-refractivity contribution in [1.82, 2.24) is 10.1 Å². The van der Waals surface area contributed by atoms with Gasteiger partial charge in [0.1, 0.15) is 0 Å². The fourth-order valence-electron chi connectivity index (χ4n) is 1.03. The Bertz CT molecular complexity index is 454. The van der Waals surface area contributed by atoms with Crippen LogP contribution in [0.2, 0.25) is 0 Å². The molecule has 5 heteroatoms. The molecule has 0 aromatic carbocycles. The molecule has 0 aliphatic heterocycles. The lowest BCUT2D eigenvalue weighted by molar-refractivity contribution is 0.388. The lowest BCUT2D eigenvalue weighted by atomic mass is 10.3. The maximum Gasteiger partial charge on any atom is 0.439 e. The summed E-state index contributed by atoms with van der Waals surface area (Å²) in [6.07, 6.45) is 0.993. The second-order valence-corrected chi connectivity index (χ2v) is 3.73. The van der Waals surface area contributed by atoms with E-state index in [4.69, 9.17) is 0 Å². The minimum absolute atomic E-state index is 0.509. The molecule has 0 aliphatic rings. The van der Waals surface area contributed by atoms with E-state index in [1.54, 1.807) is 11.3 Å². The number of hydrogen-bond donors (Lipinski definition) is 1. The molecule has 0 aliphatic carbocycles. The van der Waals surface area contributed by atoms with Gasteiger partial charge in [-0.2, -0.15) is 0 Å². The molecule has 2 aromatic rings. The van der Waals surface area contributed by atoms with Gasteiger partial charge in [-0.25, -0.2) is 4.79 Å². The van der Waals surface area contributed by atoms with Crippen LogP contribution in [0, 0.1) is 0 Å². The normalized spacial score (nSPS) is 10.5. The molecule has 0 spiro atoms. The highest BCUT2D eigenvalue weighted by Crippen LogP contribution is 2.24. The van der Waals surface area contributed by atoms with E-state index in [1.165, 1.54) is 4.88 Å². The van der Waals surface area contributed by atoms with E-state index >= 15 is 0 Å². The van der Waals surface area contributed by atoms with Gasteiger partial charge in [-0.05, 0) is 18.6 Å². The fraction of sp³-hybridized carbons (Fsp3) is 0.250. The molecule has 2 heterocycles. The number of aromatic nitrogens is 2. The molecule has 0 radical (unpaired) electrons. The van der Waals surface area contributed by atoms with Crippen LogP contribution in [0.5, 0.6) is 0 Å². The number of aromatic amines is 1. The summed E-state index contributed by atoms with van der Waals surface area (Å²) in [7, 11) is 0. The van der Waals surface area contributed by atoms with Crippen LogP contribution in [-0.4, -0.2) is 10.1 Å². The zero-order chi connectivity index (χ0) is 9.26. The smallest absolute Gasteiger partial charge is 0.296 e. The van der Waals surface area contributed by atoms with Gasteiger partial charge in [0.2, 0.25) is 0 Å². The van der Waals surface area contributed by atoms with Crippen LogP contribution < -0.4 is 5.76 Å². The number of nitrogens with zero attached hydrogens (tertiary/aromatic N) is 1. The molecule has 0 amide bonds. The van der Waals surface area contributed by atoms with Gasteiger partial charge in [-0.15, -0.1) is 11.3 Å². The Morgan fingerprint density at radius 2 is 2.46 bits per heavy atom. The second kappa shape index (κ2) is 3.18. The minimum Gasteiger partial charge on any atom is -0.296 e. The molecule has 0 unspecified atom stereocenters. The Morgan fingerprint density at radius 1 is 1.62 bits per heavy atom. The molecule has 0 saturated heterocycles. The van der Waals surface area contributed by atoms with Crippen molar-refractivity contribution in [3.05, 3.63) is 27.6 Å². The Labute approximate surface area is 78.2 Å². The van der Waals surface area contributed by atoms with Gasteiger partial charge in [0.15, 0.2) is 5.82 Å². The summed E-state index contributed by atoms with van der Waals surface area (Å²) in [6.45, 7) is 2.08. The Kier molecular flexibility index (Phi) is 2.02. The minimum atomic E-state index is -0.513. The van der Waals surface area contributed by atoms with Crippen molar-refractivity contribution in [1.29, 1.82) is 0 Å². The molecular weight excluding hydrogens is 188 g/mol. The van der Waals surface area contributed by atoms with Crippen LogP contribution in [0.25, 0.3) is 10.7 Å². The second-order valence-electron chi connectivity index (χ2n) is 2.56. The van der Waals surface area contributed by atoms with Crippen molar-refractivity contribution in [3.8, 4) is 10.7 Å². The van der Waals surface area contributed by atoms with Crippen LogP contribution in [0.3, 0.4) is 0 Å². The predicted octanol–water partition coefficient (Wildman–Crippen LogP) is 1.65. The number of thiophene rings is 1. The van der Waals surface area contributed by atoms with Crippen molar-refractivity contribution < 1.29 is 4.52 Å². The maximum absolute atomic E-state index is 10.7. The summed E-state index contributed by atoms with van der Waals surface area (Å²) in [5.74, 6) is -0.00357. The largest absolute Gasteiger partial charge is 0.439 e. The third-order valence-electron chi connectivity index (χ3n) is 1.68. The van der Waals surface area contributed by atoms with E-state index in [2.05, 4.69) is 21.6 Å². The summed E-state index contributed by atoms with van der Waals surface area (Å²) in [5, 5.41) is 3.60. The van der Waals surface area contributed by atoms with Gasteiger partial charge >= 0.3 is 5.76 Å². The molecule has 4 nitrogen and oxygen atoms in total. The van der Waals surface area contributed by atoms with Crippen molar-refractivity contribution >= 4 is 11.3 Å². The van der Waals surface area contributed by atoms with Crippen molar-refractivity contribution in [2.24, 2.45) is 0 Å². The first kappa shape index (κ1) is 8.25. The van der Waals surface area contributed by atoms with Gasteiger partial charge in [-0.1, -0.05) is 12.1 Å². The summed E-state index contributed by atoms with van der Waals surface area (Å²) in [6, 6.07) is 3.95. The molecule has 68 valence electrons. The van der Waals surface area contributed by atoms with E-state index in [0.29, 0.717) is 5.82 Å². The van der Waals surface area contributed by atoms with Crippen LogP contribution in [0.4, 0.5) is 0 Å². The summed E-state index contributed by atoms with van der Waals surface area (Å²) in [4.78, 5) is 15.4. The molecule has 2 aromatic heterocycles. The Hall–Kier alpha value is -1.36. The third kappa shape index (κ3) is 1.55. The summed E-state index contributed by atoms with van der Waals surface area (Å²) < 4.78 is 4.41. The van der Waals surface area contributed by atoms with E-state index in [1.807, 2.05) is 12.1 Å². The van der Waals surface area contributed by atoms with Gasteiger partial charge in [0.25, 0.3) is 0 Å². The highest BCUT2D eigenvalue weighted by atomic mass is 32.1. The third-order valence-corrected chi connectivity index (χ3v) is 2.92. The lowest BCUT2D eigenvalue weighted by Gasteiger charge is -1.85. The van der Waals surface area contributed by atoms with Crippen LogP contribution in [-0.2, 0) is 6.42 Å². The predicted molar refractivity (Wildman–Crippen MR) is 49.8 cm³/mol. The quantitative estimate of drug-likeness (QED) is 0.794. The number of rotatable bonds is 2. The topological polar surface area (TPSA) is 58.9 Å². The average molecular weight is 196 g/mol. The van der Waals surface area contributed by atoms with Crippen LogP contribution in [0.15, 0.2) is 21.5 Å². The van der Waals surface area contributed by atoms with Crippen molar-refractivity contribution in [2.45, 2.75) is 13.3 Å². The monoisotopic (exact) mass is 196 g/mol. The first-order chi connectivity index (χ1) is 6.29. The van der Waals surface area contributed by atoms with Crippen molar-refractivity contribution in [3.63, 3.8) is 0 Å². The van der Waals surface area contributed by atoms with Gasteiger partial charge in [0.05, 0.1) is 4.88 Å². The zero-order valence-corrected chi connectivity index (χ0v) is 7.85. The first-order valence-corrected chi connectivity index (χ1v) is 4.76. The van der Waals surface area contributed by atoms with E-state index in [0.717, 1.165) is 11.3 Å². The molecule has 0 saturated carbocycles. The van der Waals surface area contributed by atoms with E-state index in [9.17, 15) is 4.79 Å². The van der Waals surface area contributed by atoms with Crippen LogP contribution >= 0.6 is 11.3 Å². The molecular formula is C8H8N2O2S. The highest BCUT2D eigenvalue weighted by molar-refractivity contribution is 7.15. The summed E-state index contributed by atoms with van der Waals surface area (Å²) in [5.41, 5.74) is 0. The number of nitrogens with one attached hydrogen (secondary N) is 1. The molecule has 0 fully saturated rings. The SMILES string of the molecule is CCc1ccc(-c2noc(=O)[nH]2)s1. The first-order valence-electron chi connectivity index (χ1n) is 3.94. The number of hydrogen-bond acceptors (Lipinski definition) is 4. The van der Waals surface area contributed by atoms with Crippen molar-refractivity contribution in [2.75, 3.05) is 0 Å². The Morgan fingerprint density at radius 3 is 3.00 bits per heavy atom. The Balaban J connectivity index is 2.40. The van der Waals surface area contributed by atoms with Crippen LogP contribution in [0.1, 0.15) is 11.8 Å².